The van der Waals surface area contributed by atoms with Crippen molar-refractivity contribution in [2.45, 2.75) is 57.5 Å². The van der Waals surface area contributed by atoms with E-state index in [9.17, 15) is 0 Å². The van der Waals surface area contributed by atoms with Gasteiger partial charge in [0.25, 0.3) is 5.95 Å². The van der Waals surface area contributed by atoms with E-state index in [2.05, 4.69) is 51.6 Å². The van der Waals surface area contributed by atoms with Crippen molar-refractivity contribution in [1.82, 2.24) is 15.2 Å². The highest BCUT2D eigenvalue weighted by atomic mass is 15.4. The van der Waals surface area contributed by atoms with Gasteiger partial charge in [-0.1, -0.05) is 37.5 Å². The molecule has 1 atom stereocenters. The average Bonchev–Trinajstić information content (AvgIpc) is 2.92. The predicted molar refractivity (Wildman–Crippen MR) is 92.1 cm³/mol. The van der Waals surface area contributed by atoms with Gasteiger partial charge in [-0.3, -0.25) is 0 Å². The Morgan fingerprint density at radius 2 is 1.96 bits per heavy atom. The second-order valence-corrected chi connectivity index (χ2v) is 6.67. The van der Waals surface area contributed by atoms with Crippen molar-refractivity contribution in [1.29, 1.82) is 0 Å². The second kappa shape index (κ2) is 6.14. The average molecular weight is 309 g/mol. The number of anilines is 3. The van der Waals surface area contributed by atoms with Crippen LogP contribution in [-0.2, 0) is 6.42 Å². The van der Waals surface area contributed by atoms with Crippen molar-refractivity contribution < 1.29 is 0 Å². The Morgan fingerprint density at radius 1 is 1.13 bits per heavy atom. The third-order valence-corrected chi connectivity index (χ3v) is 4.93. The molecule has 1 aliphatic carbocycles. The zero-order valence-electron chi connectivity index (χ0n) is 13.6. The molecule has 0 bridgehead atoms. The molecule has 2 heterocycles. The fourth-order valence-corrected chi connectivity index (χ4v) is 3.79. The van der Waals surface area contributed by atoms with E-state index in [1.807, 2.05) is 0 Å². The summed E-state index contributed by atoms with van der Waals surface area (Å²) in [4.78, 5) is 6.94. The SMILES string of the molecule is CC1Cc2ccccc2N1c1nncc(NC2CCCCC2)n1. The second-order valence-electron chi connectivity index (χ2n) is 6.67. The molecule has 1 fully saturated rings. The van der Waals surface area contributed by atoms with Crippen molar-refractivity contribution in [3.63, 3.8) is 0 Å². The molecular weight excluding hydrogens is 286 g/mol. The summed E-state index contributed by atoms with van der Waals surface area (Å²) in [5.41, 5.74) is 2.56. The molecule has 1 N–H and O–H groups in total. The van der Waals surface area contributed by atoms with E-state index < -0.39 is 0 Å². The molecule has 5 nitrogen and oxygen atoms in total. The van der Waals surface area contributed by atoms with E-state index in [1.165, 1.54) is 43.4 Å². The highest BCUT2D eigenvalue weighted by molar-refractivity contribution is 5.67. The lowest BCUT2D eigenvalue weighted by atomic mass is 9.96. The van der Waals surface area contributed by atoms with Crippen LogP contribution in [0.15, 0.2) is 30.5 Å². The van der Waals surface area contributed by atoms with E-state index in [4.69, 9.17) is 4.98 Å². The van der Waals surface area contributed by atoms with Gasteiger partial charge in [0.15, 0.2) is 5.82 Å². The Kier molecular flexibility index (Phi) is 3.85. The van der Waals surface area contributed by atoms with Gasteiger partial charge in [0.1, 0.15) is 0 Å². The van der Waals surface area contributed by atoms with Gasteiger partial charge < -0.3 is 10.2 Å². The highest BCUT2D eigenvalue weighted by Gasteiger charge is 2.29. The Morgan fingerprint density at radius 3 is 2.83 bits per heavy atom. The molecule has 1 unspecified atom stereocenters. The first-order valence-electron chi connectivity index (χ1n) is 8.64. The molecule has 0 amide bonds. The topological polar surface area (TPSA) is 53.9 Å². The van der Waals surface area contributed by atoms with Crippen LogP contribution in [0.3, 0.4) is 0 Å². The molecule has 0 saturated heterocycles. The zero-order chi connectivity index (χ0) is 15.6. The lowest BCUT2D eigenvalue weighted by Gasteiger charge is -2.25. The maximum atomic E-state index is 4.74. The number of hydrogen-bond donors (Lipinski definition) is 1. The number of nitrogens with one attached hydrogen (secondary N) is 1. The van der Waals surface area contributed by atoms with E-state index in [1.54, 1.807) is 6.20 Å². The molecular formula is C18H23N5. The summed E-state index contributed by atoms with van der Waals surface area (Å²) >= 11 is 0. The Bertz CT molecular complexity index is 681. The van der Waals surface area contributed by atoms with Crippen molar-refractivity contribution in [2.75, 3.05) is 10.2 Å². The summed E-state index contributed by atoms with van der Waals surface area (Å²) in [6.45, 7) is 2.21. The van der Waals surface area contributed by atoms with Gasteiger partial charge in [-0.15, -0.1) is 5.10 Å². The van der Waals surface area contributed by atoms with Crippen LogP contribution in [0.4, 0.5) is 17.5 Å². The molecule has 1 aliphatic heterocycles. The number of hydrogen-bond acceptors (Lipinski definition) is 5. The number of para-hydroxylation sites is 1. The molecule has 120 valence electrons. The lowest BCUT2D eigenvalue weighted by molar-refractivity contribution is 0.461. The Labute approximate surface area is 137 Å². The quantitative estimate of drug-likeness (QED) is 0.937. The maximum absolute atomic E-state index is 4.74. The first-order chi connectivity index (χ1) is 11.3. The molecule has 23 heavy (non-hydrogen) atoms. The van der Waals surface area contributed by atoms with E-state index >= 15 is 0 Å². The van der Waals surface area contributed by atoms with Crippen molar-refractivity contribution in [3.05, 3.63) is 36.0 Å². The number of nitrogens with zero attached hydrogens (tertiary/aromatic N) is 4. The fraction of sp³-hybridized carbons (Fsp3) is 0.500. The standard InChI is InChI=1S/C18H23N5/c1-13-11-14-7-5-6-10-16(14)23(13)18-21-17(12-19-22-18)20-15-8-3-2-4-9-15/h5-7,10,12-13,15H,2-4,8-9,11H2,1H3,(H,20,21,22). The minimum Gasteiger partial charge on any atom is -0.366 e. The van der Waals surface area contributed by atoms with E-state index in [0.29, 0.717) is 18.0 Å². The van der Waals surface area contributed by atoms with Gasteiger partial charge >= 0.3 is 0 Å². The van der Waals surface area contributed by atoms with E-state index in [-0.39, 0.29) is 0 Å². The summed E-state index contributed by atoms with van der Waals surface area (Å²) in [6.07, 6.45) is 9.18. The summed E-state index contributed by atoms with van der Waals surface area (Å²) in [5.74, 6) is 1.54. The van der Waals surface area contributed by atoms with Crippen LogP contribution in [0.2, 0.25) is 0 Å². The van der Waals surface area contributed by atoms with Crippen molar-refractivity contribution in [2.24, 2.45) is 0 Å². The minimum atomic E-state index is 0.360. The van der Waals surface area contributed by atoms with Gasteiger partial charge in [0.2, 0.25) is 0 Å². The number of rotatable bonds is 3. The van der Waals surface area contributed by atoms with Gasteiger partial charge in [-0.25, -0.2) is 0 Å². The number of aromatic nitrogens is 3. The summed E-state index contributed by atoms with van der Waals surface area (Å²) in [5, 5.41) is 12.0. The summed E-state index contributed by atoms with van der Waals surface area (Å²) in [7, 11) is 0. The van der Waals surface area contributed by atoms with E-state index in [0.717, 1.165) is 12.2 Å². The van der Waals surface area contributed by atoms with Crippen molar-refractivity contribution >= 4 is 17.5 Å². The molecule has 1 saturated carbocycles. The van der Waals surface area contributed by atoms with Crippen LogP contribution >= 0.6 is 0 Å². The van der Waals surface area contributed by atoms with Crippen LogP contribution in [-0.4, -0.2) is 27.3 Å². The van der Waals surface area contributed by atoms with Crippen LogP contribution in [0.1, 0.15) is 44.6 Å². The molecule has 4 rings (SSSR count). The van der Waals surface area contributed by atoms with Crippen LogP contribution in [0, 0.1) is 0 Å². The van der Waals surface area contributed by atoms with Crippen LogP contribution in [0.25, 0.3) is 0 Å². The van der Waals surface area contributed by atoms with Crippen molar-refractivity contribution in [3.8, 4) is 0 Å². The third-order valence-electron chi connectivity index (χ3n) is 4.93. The maximum Gasteiger partial charge on any atom is 0.252 e. The van der Waals surface area contributed by atoms with Gasteiger partial charge in [-0.05, 0) is 37.8 Å². The first-order valence-corrected chi connectivity index (χ1v) is 8.64. The molecule has 2 aliphatic rings. The molecule has 0 spiro atoms. The van der Waals surface area contributed by atoms with Gasteiger partial charge in [0, 0.05) is 17.8 Å². The lowest BCUT2D eigenvalue weighted by Crippen LogP contribution is -2.27. The summed E-state index contributed by atoms with van der Waals surface area (Å²) in [6, 6.07) is 9.37. The Balaban J connectivity index is 1.58. The molecule has 0 radical (unpaired) electrons. The monoisotopic (exact) mass is 309 g/mol. The zero-order valence-corrected chi connectivity index (χ0v) is 13.6. The van der Waals surface area contributed by atoms with Gasteiger partial charge in [-0.2, -0.15) is 10.1 Å². The predicted octanol–water partition coefficient (Wildman–Crippen LogP) is 3.70. The smallest absolute Gasteiger partial charge is 0.252 e. The van der Waals surface area contributed by atoms with Gasteiger partial charge in [0.05, 0.1) is 6.20 Å². The molecule has 5 heteroatoms. The molecule has 1 aromatic heterocycles. The first kappa shape index (κ1) is 14.4. The fourth-order valence-electron chi connectivity index (χ4n) is 3.79. The number of benzene rings is 1. The van der Waals surface area contributed by atoms with Crippen LogP contribution in [0.5, 0.6) is 0 Å². The Hall–Kier alpha value is -2.17. The molecule has 1 aromatic carbocycles. The highest BCUT2D eigenvalue weighted by Crippen LogP contribution is 2.36. The third kappa shape index (κ3) is 2.87. The normalized spacial score (nSPS) is 21.3. The van der Waals surface area contributed by atoms with Crippen LogP contribution < -0.4 is 10.2 Å². The summed E-state index contributed by atoms with van der Waals surface area (Å²) < 4.78 is 0. The molecule has 2 aromatic rings. The largest absolute Gasteiger partial charge is 0.366 e. The minimum absolute atomic E-state index is 0.360. The number of fused-ring (bicyclic) bond motifs is 1.